The second-order valence-electron chi connectivity index (χ2n) is 7.60. The molecular formula is C23H35IN6O3. The van der Waals surface area contributed by atoms with E-state index >= 15 is 0 Å². The minimum atomic E-state index is 0. The third kappa shape index (κ3) is 7.24. The second kappa shape index (κ2) is 13.3. The molecule has 0 unspecified atom stereocenters. The van der Waals surface area contributed by atoms with E-state index in [0.717, 1.165) is 49.1 Å². The highest BCUT2D eigenvalue weighted by Crippen LogP contribution is 2.28. The lowest BCUT2D eigenvalue weighted by Crippen LogP contribution is -2.55. The van der Waals surface area contributed by atoms with Gasteiger partial charge in [0.25, 0.3) is 0 Å². The van der Waals surface area contributed by atoms with E-state index in [9.17, 15) is 4.79 Å². The molecule has 1 N–H and O–H groups in total. The summed E-state index contributed by atoms with van der Waals surface area (Å²) in [6, 6.07) is 6.04. The predicted molar refractivity (Wildman–Crippen MR) is 141 cm³/mol. The lowest BCUT2D eigenvalue weighted by Gasteiger charge is -2.35. The summed E-state index contributed by atoms with van der Waals surface area (Å²) in [7, 11) is 3.50. The minimum Gasteiger partial charge on any atom is -0.493 e. The Kier molecular flexibility index (Phi) is 10.8. The third-order valence-corrected chi connectivity index (χ3v) is 5.27. The van der Waals surface area contributed by atoms with Gasteiger partial charge in [-0.1, -0.05) is 6.07 Å². The number of aromatic nitrogens is 2. The lowest BCUT2D eigenvalue weighted by atomic mass is 10.1. The first-order valence-corrected chi connectivity index (χ1v) is 11.2. The zero-order valence-corrected chi connectivity index (χ0v) is 22.2. The molecule has 182 valence electrons. The van der Waals surface area contributed by atoms with E-state index < -0.39 is 0 Å². The number of piperazine rings is 1. The minimum absolute atomic E-state index is 0. The van der Waals surface area contributed by atoms with E-state index in [1.165, 1.54) is 5.56 Å². The van der Waals surface area contributed by atoms with Gasteiger partial charge in [-0.05, 0) is 44.4 Å². The molecular weight excluding hydrogens is 535 g/mol. The zero-order chi connectivity index (χ0) is 22.9. The number of hydrogen-bond acceptors (Lipinski definition) is 5. The topological polar surface area (TPSA) is 84.2 Å². The number of guanidine groups is 1. The maximum absolute atomic E-state index is 12.7. The summed E-state index contributed by atoms with van der Waals surface area (Å²) in [5.41, 5.74) is 2.03. The van der Waals surface area contributed by atoms with Crippen LogP contribution in [-0.4, -0.2) is 73.0 Å². The van der Waals surface area contributed by atoms with Gasteiger partial charge < -0.3 is 24.6 Å². The van der Waals surface area contributed by atoms with Gasteiger partial charge in [-0.2, -0.15) is 5.10 Å². The van der Waals surface area contributed by atoms with Crippen LogP contribution in [0.25, 0.3) is 0 Å². The number of anilines is 1. The SMILES string of the molecule is CCNC(=NCCCc1ccc(OC)c(OCC)c1)N1CCN(c2cnn(C)c2)C(=O)C1.I. The number of carbonyl (C=O) groups is 1. The molecule has 1 aromatic heterocycles. The van der Waals surface area contributed by atoms with E-state index in [1.54, 1.807) is 22.9 Å². The lowest BCUT2D eigenvalue weighted by molar-refractivity contribution is -0.120. The molecule has 33 heavy (non-hydrogen) atoms. The first-order chi connectivity index (χ1) is 15.5. The Morgan fingerprint density at radius 2 is 2.06 bits per heavy atom. The van der Waals surface area contributed by atoms with Crippen molar-refractivity contribution in [1.29, 1.82) is 0 Å². The van der Waals surface area contributed by atoms with Crippen LogP contribution in [0.5, 0.6) is 11.5 Å². The number of hydrogen-bond donors (Lipinski definition) is 1. The van der Waals surface area contributed by atoms with Gasteiger partial charge in [0.1, 0.15) is 6.54 Å². The maximum Gasteiger partial charge on any atom is 0.246 e. The third-order valence-electron chi connectivity index (χ3n) is 5.27. The van der Waals surface area contributed by atoms with Gasteiger partial charge in [0.2, 0.25) is 5.91 Å². The summed E-state index contributed by atoms with van der Waals surface area (Å²) in [5.74, 6) is 2.36. The fourth-order valence-electron chi connectivity index (χ4n) is 3.71. The summed E-state index contributed by atoms with van der Waals surface area (Å²) < 4.78 is 12.7. The predicted octanol–water partition coefficient (Wildman–Crippen LogP) is 2.69. The van der Waals surface area contributed by atoms with Crippen molar-refractivity contribution in [3.8, 4) is 11.5 Å². The van der Waals surface area contributed by atoms with Gasteiger partial charge >= 0.3 is 0 Å². The highest BCUT2D eigenvalue weighted by Gasteiger charge is 2.27. The number of amides is 1. The highest BCUT2D eigenvalue weighted by atomic mass is 127. The van der Waals surface area contributed by atoms with Crippen LogP contribution in [0.4, 0.5) is 5.69 Å². The standard InChI is InChI=1S/C23H34N6O3.HI/c1-5-24-23(28-12-13-29(22(30)17-28)19-15-26-27(3)16-19)25-11-7-8-18-9-10-20(31-4)21(14-18)32-6-2;/h9-10,14-16H,5-8,11-13,17H2,1-4H3,(H,24,25);1H. The molecule has 1 amide bonds. The summed E-state index contributed by atoms with van der Waals surface area (Å²) in [6.45, 7) is 7.67. The average Bonchev–Trinajstić information content (AvgIpc) is 3.22. The molecule has 10 heteroatoms. The highest BCUT2D eigenvalue weighted by molar-refractivity contribution is 14.0. The number of carbonyl (C=O) groups excluding carboxylic acids is 1. The average molecular weight is 570 g/mol. The Labute approximate surface area is 213 Å². The van der Waals surface area contributed by atoms with Gasteiger partial charge in [-0.15, -0.1) is 24.0 Å². The van der Waals surface area contributed by atoms with Crippen LogP contribution in [0.1, 0.15) is 25.8 Å². The van der Waals surface area contributed by atoms with Gasteiger partial charge in [0.15, 0.2) is 17.5 Å². The van der Waals surface area contributed by atoms with Gasteiger partial charge in [0, 0.05) is 39.4 Å². The number of nitrogens with one attached hydrogen (secondary N) is 1. The molecule has 0 spiro atoms. The first kappa shape index (κ1) is 26.7. The molecule has 1 aliphatic heterocycles. The van der Waals surface area contributed by atoms with E-state index in [4.69, 9.17) is 14.5 Å². The molecule has 1 aliphatic rings. The summed E-state index contributed by atoms with van der Waals surface area (Å²) in [6.07, 6.45) is 5.38. The fourth-order valence-corrected chi connectivity index (χ4v) is 3.71. The van der Waals surface area contributed by atoms with E-state index in [-0.39, 0.29) is 29.9 Å². The van der Waals surface area contributed by atoms with Crippen molar-refractivity contribution < 1.29 is 14.3 Å². The molecule has 0 bridgehead atoms. The number of aryl methyl sites for hydroxylation is 2. The molecule has 1 saturated heterocycles. The van der Waals surface area contributed by atoms with Crippen LogP contribution in [0, 0.1) is 0 Å². The van der Waals surface area contributed by atoms with Crippen molar-refractivity contribution in [3.05, 3.63) is 36.2 Å². The number of nitrogens with zero attached hydrogens (tertiary/aromatic N) is 5. The van der Waals surface area contributed by atoms with Crippen molar-refractivity contribution >= 4 is 41.5 Å². The quantitative estimate of drug-likeness (QED) is 0.216. The second-order valence-corrected chi connectivity index (χ2v) is 7.60. The van der Waals surface area contributed by atoms with E-state index in [2.05, 4.69) is 16.5 Å². The Balaban J connectivity index is 0.00000385. The molecule has 1 aromatic carbocycles. The number of aliphatic imine (C=N–C) groups is 1. The normalized spacial score (nSPS) is 14.2. The Morgan fingerprint density at radius 3 is 2.70 bits per heavy atom. The molecule has 0 saturated carbocycles. The molecule has 2 heterocycles. The van der Waals surface area contributed by atoms with Crippen LogP contribution in [0.15, 0.2) is 35.6 Å². The summed E-state index contributed by atoms with van der Waals surface area (Å²) >= 11 is 0. The fraction of sp³-hybridized carbons (Fsp3) is 0.522. The van der Waals surface area contributed by atoms with Gasteiger partial charge in [-0.25, -0.2) is 0 Å². The Bertz CT molecular complexity index is 933. The summed E-state index contributed by atoms with van der Waals surface area (Å²) in [5, 5.41) is 7.49. The van der Waals surface area contributed by atoms with Crippen molar-refractivity contribution in [2.45, 2.75) is 26.7 Å². The molecule has 0 radical (unpaired) electrons. The molecule has 0 aliphatic carbocycles. The number of benzene rings is 1. The molecule has 2 aromatic rings. The molecule has 1 fully saturated rings. The first-order valence-electron chi connectivity index (χ1n) is 11.2. The smallest absolute Gasteiger partial charge is 0.246 e. The summed E-state index contributed by atoms with van der Waals surface area (Å²) in [4.78, 5) is 21.3. The number of rotatable bonds is 9. The van der Waals surface area contributed by atoms with Crippen molar-refractivity contribution in [2.24, 2.45) is 12.0 Å². The molecule has 0 atom stereocenters. The Hall–Kier alpha value is -2.50. The van der Waals surface area contributed by atoms with Crippen LogP contribution < -0.4 is 19.7 Å². The maximum atomic E-state index is 12.7. The molecule has 9 nitrogen and oxygen atoms in total. The monoisotopic (exact) mass is 570 g/mol. The Morgan fingerprint density at radius 1 is 1.24 bits per heavy atom. The van der Waals surface area contributed by atoms with Crippen molar-refractivity contribution in [3.63, 3.8) is 0 Å². The zero-order valence-electron chi connectivity index (χ0n) is 19.9. The van der Waals surface area contributed by atoms with Crippen molar-refractivity contribution in [2.75, 3.05) is 51.3 Å². The van der Waals surface area contributed by atoms with Crippen LogP contribution in [0.2, 0.25) is 0 Å². The number of halogens is 1. The van der Waals surface area contributed by atoms with Crippen LogP contribution in [0.3, 0.4) is 0 Å². The van der Waals surface area contributed by atoms with Gasteiger partial charge in [0.05, 0.1) is 25.6 Å². The van der Waals surface area contributed by atoms with Gasteiger partial charge in [-0.3, -0.25) is 14.5 Å². The van der Waals surface area contributed by atoms with E-state index in [1.807, 2.05) is 44.1 Å². The van der Waals surface area contributed by atoms with Crippen LogP contribution >= 0.6 is 24.0 Å². The number of methoxy groups -OCH3 is 1. The van der Waals surface area contributed by atoms with E-state index in [0.29, 0.717) is 26.2 Å². The molecule has 3 rings (SSSR count). The van der Waals surface area contributed by atoms with Crippen molar-refractivity contribution in [1.82, 2.24) is 20.0 Å². The largest absolute Gasteiger partial charge is 0.493 e. The van der Waals surface area contributed by atoms with Crippen LogP contribution in [-0.2, 0) is 18.3 Å². The number of ether oxygens (including phenoxy) is 2.